The van der Waals surface area contributed by atoms with Crippen LogP contribution in [0.25, 0.3) is 0 Å². The first-order chi connectivity index (χ1) is 6.69. The molecule has 0 radical (unpaired) electrons. The van der Waals surface area contributed by atoms with Crippen molar-refractivity contribution < 1.29 is 9.53 Å². The van der Waals surface area contributed by atoms with Crippen LogP contribution < -0.4 is 4.74 Å². The van der Waals surface area contributed by atoms with E-state index in [1.807, 2.05) is 6.07 Å². The molecule has 0 N–H and O–H groups in total. The van der Waals surface area contributed by atoms with Gasteiger partial charge in [0, 0.05) is 5.56 Å². The van der Waals surface area contributed by atoms with Crippen molar-refractivity contribution in [2.75, 3.05) is 7.11 Å². The number of ether oxygens (including phenoxy) is 1. The van der Waals surface area contributed by atoms with Gasteiger partial charge in [0.15, 0.2) is 5.78 Å². The highest BCUT2D eigenvalue weighted by atomic mass is 79.9. The molecule has 0 bridgehead atoms. The van der Waals surface area contributed by atoms with Gasteiger partial charge in [-0.2, -0.15) is 5.26 Å². The zero-order chi connectivity index (χ0) is 10.6. The molecule has 0 heterocycles. The van der Waals surface area contributed by atoms with Gasteiger partial charge in [-0.25, -0.2) is 0 Å². The largest absolute Gasteiger partial charge is 0.496 e. The number of nitrogens with zero attached hydrogens (tertiary/aromatic N) is 1. The number of carbonyl (C=O) groups is 1. The van der Waals surface area contributed by atoms with Crippen LogP contribution in [0.5, 0.6) is 5.75 Å². The standard InChI is InChI=1S/C10H8BrNO2/c1-14-10-6-7(2-3-8(10)11)9(13)4-5-12/h2-3,6H,4H2,1H3. The van der Waals surface area contributed by atoms with Crippen molar-refractivity contribution in [3.63, 3.8) is 0 Å². The molecule has 0 saturated carbocycles. The summed E-state index contributed by atoms with van der Waals surface area (Å²) in [4.78, 5) is 11.3. The molecule has 0 amide bonds. The third kappa shape index (κ3) is 2.33. The predicted molar refractivity (Wildman–Crippen MR) is 55.3 cm³/mol. The molecule has 0 spiro atoms. The Balaban J connectivity index is 3.01. The van der Waals surface area contributed by atoms with Gasteiger partial charge in [0.1, 0.15) is 5.75 Å². The van der Waals surface area contributed by atoms with E-state index in [1.165, 1.54) is 7.11 Å². The van der Waals surface area contributed by atoms with Crippen molar-refractivity contribution >= 4 is 21.7 Å². The first-order valence-electron chi connectivity index (χ1n) is 3.92. The second kappa shape index (κ2) is 4.77. The number of halogens is 1. The molecular formula is C10H8BrNO2. The van der Waals surface area contributed by atoms with Gasteiger partial charge in [-0.1, -0.05) is 0 Å². The second-order valence-corrected chi connectivity index (χ2v) is 3.46. The van der Waals surface area contributed by atoms with Crippen LogP contribution in [-0.4, -0.2) is 12.9 Å². The fourth-order valence-corrected chi connectivity index (χ4v) is 1.42. The number of rotatable bonds is 3. The van der Waals surface area contributed by atoms with Gasteiger partial charge in [0.25, 0.3) is 0 Å². The smallest absolute Gasteiger partial charge is 0.177 e. The minimum atomic E-state index is -0.196. The molecule has 0 aliphatic carbocycles. The number of hydrogen-bond donors (Lipinski definition) is 0. The number of nitriles is 1. The minimum Gasteiger partial charge on any atom is -0.496 e. The fourth-order valence-electron chi connectivity index (χ4n) is 1.01. The maximum Gasteiger partial charge on any atom is 0.177 e. The Bertz CT molecular complexity index is 396. The molecule has 72 valence electrons. The summed E-state index contributed by atoms with van der Waals surface area (Å²) in [6.07, 6.45) is -0.106. The maximum atomic E-state index is 11.3. The van der Waals surface area contributed by atoms with Crippen LogP contribution >= 0.6 is 15.9 Å². The Morgan fingerprint density at radius 2 is 2.36 bits per heavy atom. The van der Waals surface area contributed by atoms with Crippen molar-refractivity contribution in [1.29, 1.82) is 5.26 Å². The molecule has 0 aromatic heterocycles. The van der Waals surface area contributed by atoms with Crippen LogP contribution in [-0.2, 0) is 0 Å². The Morgan fingerprint density at radius 3 is 2.93 bits per heavy atom. The number of carbonyl (C=O) groups excluding carboxylic acids is 1. The molecule has 1 rings (SSSR count). The van der Waals surface area contributed by atoms with E-state index in [4.69, 9.17) is 10.00 Å². The maximum absolute atomic E-state index is 11.3. The molecule has 4 heteroatoms. The highest BCUT2D eigenvalue weighted by Gasteiger charge is 2.08. The topological polar surface area (TPSA) is 50.1 Å². The zero-order valence-corrected chi connectivity index (χ0v) is 9.17. The summed E-state index contributed by atoms with van der Waals surface area (Å²) in [5, 5.41) is 8.37. The molecule has 1 aromatic carbocycles. The van der Waals surface area contributed by atoms with Gasteiger partial charge in [0.2, 0.25) is 0 Å². The van der Waals surface area contributed by atoms with Gasteiger partial charge in [-0.05, 0) is 34.1 Å². The SMILES string of the molecule is COc1cc(C(=O)CC#N)ccc1Br. The van der Waals surface area contributed by atoms with Crippen molar-refractivity contribution in [3.05, 3.63) is 28.2 Å². The summed E-state index contributed by atoms with van der Waals surface area (Å²) in [7, 11) is 1.53. The quantitative estimate of drug-likeness (QED) is 0.779. The monoisotopic (exact) mass is 253 g/mol. The van der Waals surface area contributed by atoms with Crippen molar-refractivity contribution in [1.82, 2.24) is 0 Å². The minimum absolute atomic E-state index is 0.106. The molecule has 1 aromatic rings. The van der Waals surface area contributed by atoms with Crippen LogP contribution in [0.1, 0.15) is 16.8 Å². The first kappa shape index (κ1) is 10.7. The summed E-state index contributed by atoms with van der Waals surface area (Å²) in [6, 6.07) is 6.82. The van der Waals surface area contributed by atoms with Gasteiger partial charge in [-0.15, -0.1) is 0 Å². The molecule has 0 aliphatic rings. The van der Waals surface area contributed by atoms with E-state index in [0.29, 0.717) is 11.3 Å². The number of ketones is 1. The average molecular weight is 254 g/mol. The predicted octanol–water partition coefficient (Wildman–Crippen LogP) is 2.55. The van der Waals surface area contributed by atoms with Gasteiger partial charge in [-0.3, -0.25) is 4.79 Å². The number of benzene rings is 1. The van der Waals surface area contributed by atoms with Crippen LogP contribution in [0.15, 0.2) is 22.7 Å². The molecule has 0 aliphatic heterocycles. The number of methoxy groups -OCH3 is 1. The zero-order valence-electron chi connectivity index (χ0n) is 7.58. The second-order valence-electron chi connectivity index (χ2n) is 2.61. The van der Waals surface area contributed by atoms with Crippen LogP contribution in [0.3, 0.4) is 0 Å². The number of hydrogen-bond acceptors (Lipinski definition) is 3. The van der Waals surface area contributed by atoms with Crippen LogP contribution in [0.4, 0.5) is 0 Å². The van der Waals surface area contributed by atoms with Crippen molar-refractivity contribution in [2.24, 2.45) is 0 Å². The summed E-state index contributed by atoms with van der Waals surface area (Å²) < 4.78 is 5.82. The molecule has 14 heavy (non-hydrogen) atoms. The molecular weight excluding hydrogens is 246 g/mol. The molecule has 0 fully saturated rings. The summed E-state index contributed by atoms with van der Waals surface area (Å²) in [5.41, 5.74) is 0.492. The highest BCUT2D eigenvalue weighted by Crippen LogP contribution is 2.25. The summed E-state index contributed by atoms with van der Waals surface area (Å²) >= 11 is 3.28. The summed E-state index contributed by atoms with van der Waals surface area (Å²) in [6.45, 7) is 0. The Kier molecular flexibility index (Phi) is 3.66. The normalized spacial score (nSPS) is 9.21. The lowest BCUT2D eigenvalue weighted by atomic mass is 10.1. The molecule has 0 unspecified atom stereocenters. The first-order valence-corrected chi connectivity index (χ1v) is 4.72. The third-order valence-electron chi connectivity index (χ3n) is 1.71. The highest BCUT2D eigenvalue weighted by molar-refractivity contribution is 9.10. The van der Waals surface area contributed by atoms with E-state index in [9.17, 15) is 4.79 Å². The Hall–Kier alpha value is -1.34. The van der Waals surface area contributed by atoms with Crippen molar-refractivity contribution in [2.45, 2.75) is 6.42 Å². The van der Waals surface area contributed by atoms with E-state index < -0.39 is 0 Å². The molecule has 0 saturated heterocycles. The van der Waals surface area contributed by atoms with E-state index in [2.05, 4.69) is 15.9 Å². The molecule has 0 atom stereocenters. The third-order valence-corrected chi connectivity index (χ3v) is 2.37. The number of Topliss-reactive ketones (excluding diaryl/α,β-unsaturated/α-hetero) is 1. The van der Waals surface area contributed by atoms with E-state index in [-0.39, 0.29) is 12.2 Å². The van der Waals surface area contributed by atoms with E-state index >= 15 is 0 Å². The summed E-state index contributed by atoms with van der Waals surface area (Å²) in [5.74, 6) is 0.395. The lowest BCUT2D eigenvalue weighted by molar-refractivity contribution is 0.0997. The van der Waals surface area contributed by atoms with E-state index in [0.717, 1.165) is 4.47 Å². The van der Waals surface area contributed by atoms with Crippen molar-refractivity contribution in [3.8, 4) is 11.8 Å². The van der Waals surface area contributed by atoms with Crippen LogP contribution in [0, 0.1) is 11.3 Å². The fraction of sp³-hybridized carbons (Fsp3) is 0.200. The lowest BCUT2D eigenvalue weighted by Crippen LogP contribution is -1.98. The Labute approximate surface area is 90.4 Å². The average Bonchev–Trinajstić information content (AvgIpc) is 2.19. The van der Waals surface area contributed by atoms with Gasteiger partial charge in [0.05, 0.1) is 24.1 Å². The molecule has 3 nitrogen and oxygen atoms in total. The van der Waals surface area contributed by atoms with Gasteiger partial charge >= 0.3 is 0 Å². The van der Waals surface area contributed by atoms with Crippen LogP contribution in [0.2, 0.25) is 0 Å². The Morgan fingerprint density at radius 1 is 1.64 bits per heavy atom. The lowest BCUT2D eigenvalue weighted by Gasteiger charge is -2.04. The van der Waals surface area contributed by atoms with Gasteiger partial charge < -0.3 is 4.74 Å². The van der Waals surface area contributed by atoms with E-state index in [1.54, 1.807) is 18.2 Å².